The quantitative estimate of drug-likeness (QED) is 0.167. The third-order valence-electron chi connectivity index (χ3n) is 14.7. The lowest BCUT2D eigenvalue weighted by Gasteiger charge is -2.21. The van der Waals surface area contributed by atoms with Crippen molar-refractivity contribution in [2.75, 3.05) is 0 Å². The normalized spacial score (nSPS) is 12.9. The predicted octanol–water partition coefficient (Wildman–Crippen LogP) is 16.8. The zero-order valence-electron chi connectivity index (χ0n) is 38.2. The molecule has 4 nitrogen and oxygen atoms in total. The lowest BCUT2D eigenvalue weighted by molar-refractivity contribution is 0.660. The Balaban J connectivity index is 0.993. The number of fused-ring (bicyclic) bond motifs is 9. The largest absolute Gasteiger partial charge is 0.307 e. The van der Waals surface area contributed by atoms with Gasteiger partial charge in [-0.05, 0) is 92.3 Å². The Hall–Kier alpha value is -8.86. The number of benzene rings is 10. The van der Waals surface area contributed by atoms with Crippen LogP contribution in [0.1, 0.15) is 25.0 Å². The topological polar surface area (TPSA) is 35.6 Å². The summed E-state index contributed by atoms with van der Waals surface area (Å²) in [6, 6.07) is 83.9. The minimum atomic E-state index is -0.128. The maximum absolute atomic E-state index is 5.42. The number of para-hydroxylation sites is 2. The number of hydrogen-bond donors (Lipinski definition) is 0. The molecule has 324 valence electrons. The Morgan fingerprint density at radius 2 is 0.855 bits per heavy atom. The summed E-state index contributed by atoms with van der Waals surface area (Å²) in [7, 11) is 0. The molecule has 4 heteroatoms. The summed E-state index contributed by atoms with van der Waals surface area (Å²) < 4.78 is 4.97. The lowest BCUT2D eigenvalue weighted by Crippen LogP contribution is -2.15. The predicted molar refractivity (Wildman–Crippen MR) is 288 cm³/mol. The number of aromatic nitrogens is 4. The molecule has 0 saturated heterocycles. The van der Waals surface area contributed by atoms with Crippen LogP contribution in [-0.4, -0.2) is 19.1 Å². The maximum Gasteiger partial charge on any atom is 0.160 e. The highest BCUT2D eigenvalue weighted by molar-refractivity contribution is 6.12. The van der Waals surface area contributed by atoms with Crippen molar-refractivity contribution in [1.82, 2.24) is 19.1 Å². The third-order valence-corrected chi connectivity index (χ3v) is 14.7. The minimum absolute atomic E-state index is 0.128. The molecule has 0 unspecified atom stereocenters. The van der Waals surface area contributed by atoms with Gasteiger partial charge in [0.15, 0.2) is 5.82 Å². The molecule has 0 spiro atoms. The van der Waals surface area contributed by atoms with Crippen LogP contribution in [0.4, 0.5) is 0 Å². The Kier molecular flexibility index (Phi) is 8.59. The van der Waals surface area contributed by atoms with Gasteiger partial charge in [-0.2, -0.15) is 0 Å². The molecule has 0 radical (unpaired) electrons. The van der Waals surface area contributed by atoms with Gasteiger partial charge in [-0.25, -0.2) is 9.97 Å². The van der Waals surface area contributed by atoms with E-state index in [1.165, 1.54) is 65.7 Å². The van der Waals surface area contributed by atoms with Crippen LogP contribution in [0.15, 0.2) is 231 Å². The van der Waals surface area contributed by atoms with E-state index in [1.54, 1.807) is 0 Å². The summed E-state index contributed by atoms with van der Waals surface area (Å²) in [5.41, 5.74) is 18.2. The van der Waals surface area contributed by atoms with E-state index in [2.05, 4.69) is 254 Å². The van der Waals surface area contributed by atoms with Crippen molar-refractivity contribution in [3.63, 3.8) is 0 Å². The summed E-state index contributed by atoms with van der Waals surface area (Å²) >= 11 is 0. The van der Waals surface area contributed by atoms with Crippen LogP contribution >= 0.6 is 0 Å². The van der Waals surface area contributed by atoms with Crippen molar-refractivity contribution < 1.29 is 0 Å². The van der Waals surface area contributed by atoms with Crippen molar-refractivity contribution in [2.24, 2.45) is 0 Å². The molecular formula is C65H44N4. The molecule has 69 heavy (non-hydrogen) atoms. The van der Waals surface area contributed by atoms with Crippen LogP contribution in [0, 0.1) is 0 Å². The summed E-state index contributed by atoms with van der Waals surface area (Å²) in [6.07, 6.45) is 0. The minimum Gasteiger partial charge on any atom is -0.307 e. The Morgan fingerprint density at radius 1 is 0.348 bits per heavy atom. The van der Waals surface area contributed by atoms with Crippen molar-refractivity contribution in [2.45, 2.75) is 19.3 Å². The average molecular weight is 881 g/mol. The first-order valence-electron chi connectivity index (χ1n) is 23.8. The van der Waals surface area contributed by atoms with Crippen LogP contribution in [0.3, 0.4) is 0 Å². The van der Waals surface area contributed by atoms with Crippen molar-refractivity contribution in [3.8, 4) is 67.7 Å². The molecule has 0 atom stereocenters. The van der Waals surface area contributed by atoms with Crippen molar-refractivity contribution in [1.29, 1.82) is 0 Å². The van der Waals surface area contributed by atoms with E-state index in [1.807, 2.05) is 0 Å². The highest BCUT2D eigenvalue weighted by Gasteiger charge is 2.35. The highest BCUT2D eigenvalue weighted by atomic mass is 15.1. The van der Waals surface area contributed by atoms with Gasteiger partial charge in [0.1, 0.15) is 0 Å². The fourth-order valence-electron chi connectivity index (χ4n) is 11.4. The summed E-state index contributed by atoms with van der Waals surface area (Å²) in [5.74, 6) is 0.725. The van der Waals surface area contributed by atoms with E-state index in [9.17, 15) is 0 Å². The molecule has 0 N–H and O–H groups in total. The molecule has 1 aliphatic rings. The van der Waals surface area contributed by atoms with E-state index >= 15 is 0 Å². The second-order valence-electron chi connectivity index (χ2n) is 19.0. The third kappa shape index (κ3) is 6.02. The second-order valence-corrected chi connectivity index (χ2v) is 19.0. The molecule has 3 heterocycles. The number of rotatable bonds is 6. The van der Waals surface area contributed by atoms with Crippen LogP contribution in [0.25, 0.3) is 122 Å². The highest BCUT2D eigenvalue weighted by Crippen LogP contribution is 2.50. The van der Waals surface area contributed by atoms with Crippen molar-refractivity contribution >= 4 is 54.3 Å². The second kappa shape index (κ2) is 15.1. The Bertz CT molecular complexity index is 4200. The van der Waals surface area contributed by atoms with Crippen LogP contribution in [0.5, 0.6) is 0 Å². The molecule has 0 saturated carbocycles. The molecule has 0 bridgehead atoms. The van der Waals surface area contributed by atoms with Crippen LogP contribution < -0.4 is 0 Å². The fraction of sp³-hybridized carbons (Fsp3) is 0.0462. The molecular weight excluding hydrogens is 837 g/mol. The molecule has 3 aromatic heterocycles. The van der Waals surface area contributed by atoms with Gasteiger partial charge in [0.2, 0.25) is 0 Å². The Labute approximate surface area is 400 Å². The van der Waals surface area contributed by atoms with E-state index in [0.717, 1.165) is 67.3 Å². The number of hydrogen-bond acceptors (Lipinski definition) is 2. The van der Waals surface area contributed by atoms with Gasteiger partial charge in [0, 0.05) is 55.2 Å². The summed E-state index contributed by atoms with van der Waals surface area (Å²) in [5, 5.41) is 8.23. The van der Waals surface area contributed by atoms with Gasteiger partial charge >= 0.3 is 0 Å². The standard InChI is InChI=1S/C65H44N4/c1-65(2)56-28-12-10-24-51(56)52-37-34-46(38-57(52)65)64-66-58-29-13-11-25-55(58)61(67-64)43-32-35-48(36-33-43)69-60(54-27-15-19-42-17-7-9-23-50(42)54)40-45-31-30-44-39-59(53-26-14-18-41-16-6-8-22-49(41)53)68(62(44)63(45)69)47-20-4-3-5-21-47/h3-40H,1-2H3. The molecule has 10 aromatic carbocycles. The molecule has 14 rings (SSSR count). The molecule has 0 amide bonds. The van der Waals surface area contributed by atoms with Gasteiger partial charge in [-0.1, -0.05) is 196 Å². The Morgan fingerprint density at radius 3 is 1.52 bits per heavy atom. The summed E-state index contributed by atoms with van der Waals surface area (Å²) in [4.78, 5) is 10.6. The van der Waals surface area contributed by atoms with Crippen LogP contribution in [0.2, 0.25) is 0 Å². The van der Waals surface area contributed by atoms with E-state index in [-0.39, 0.29) is 5.41 Å². The van der Waals surface area contributed by atoms with E-state index < -0.39 is 0 Å². The first kappa shape index (κ1) is 39.3. The van der Waals surface area contributed by atoms with E-state index in [0.29, 0.717) is 0 Å². The molecule has 1 aliphatic carbocycles. The first-order valence-corrected chi connectivity index (χ1v) is 23.8. The fourth-order valence-corrected chi connectivity index (χ4v) is 11.4. The maximum atomic E-state index is 5.42. The monoisotopic (exact) mass is 880 g/mol. The van der Waals surface area contributed by atoms with Gasteiger partial charge in [-0.15, -0.1) is 0 Å². The molecule has 0 fully saturated rings. The SMILES string of the molecule is CC1(C)c2ccccc2-c2ccc(-c3nc(-c4ccc(-n5c(-c6cccc7ccccc67)cc6ccc7cc(-c8cccc9ccccc89)n(-c8ccccc8)c7c65)cc4)c4ccccc4n3)cc21. The number of nitrogens with zero attached hydrogens (tertiary/aromatic N) is 4. The lowest BCUT2D eigenvalue weighted by atomic mass is 9.82. The van der Waals surface area contributed by atoms with Gasteiger partial charge < -0.3 is 9.13 Å². The van der Waals surface area contributed by atoms with Crippen LogP contribution in [-0.2, 0) is 5.41 Å². The zero-order chi connectivity index (χ0) is 45.8. The molecule has 13 aromatic rings. The van der Waals surface area contributed by atoms with E-state index in [4.69, 9.17) is 9.97 Å². The molecule has 0 aliphatic heterocycles. The average Bonchev–Trinajstić information content (AvgIpc) is 4.06. The first-order chi connectivity index (χ1) is 34.0. The van der Waals surface area contributed by atoms with Gasteiger partial charge in [0.25, 0.3) is 0 Å². The summed E-state index contributed by atoms with van der Waals surface area (Å²) in [6.45, 7) is 4.65. The van der Waals surface area contributed by atoms with Crippen molar-refractivity contribution in [3.05, 3.63) is 242 Å². The smallest absolute Gasteiger partial charge is 0.160 e. The van der Waals surface area contributed by atoms with Gasteiger partial charge in [-0.3, -0.25) is 0 Å². The zero-order valence-corrected chi connectivity index (χ0v) is 38.2. The van der Waals surface area contributed by atoms with Gasteiger partial charge in [0.05, 0.1) is 33.6 Å².